The third-order valence-electron chi connectivity index (χ3n) is 4.00. The smallest absolute Gasteiger partial charge is 0.405 e. The largest absolute Gasteiger partial charge is 0.532 e. The molecule has 1 saturated carbocycles. The van der Waals surface area contributed by atoms with Crippen LogP contribution in [-0.2, 0) is 18.7 Å². The van der Waals surface area contributed by atoms with Crippen molar-refractivity contribution >= 4 is 24.2 Å². The Hall–Kier alpha value is -1.07. The minimum absolute atomic E-state index is 0.271. The minimum Gasteiger partial charge on any atom is -0.405 e. The number of halogens is 1. The fourth-order valence-electron chi connectivity index (χ4n) is 2.89. The first-order valence-corrected chi connectivity index (χ1v) is 10.5. The Labute approximate surface area is 147 Å². The van der Waals surface area contributed by atoms with Crippen molar-refractivity contribution in [2.45, 2.75) is 44.6 Å². The van der Waals surface area contributed by atoms with Crippen LogP contribution in [0.5, 0.6) is 5.75 Å². The molecule has 1 aliphatic carbocycles. The van der Waals surface area contributed by atoms with E-state index in [2.05, 4.69) is 5.48 Å². The van der Waals surface area contributed by atoms with Gasteiger partial charge in [0.1, 0.15) is 11.8 Å². The Bertz CT molecular complexity index is 565. The molecule has 2 rings (SSSR count). The summed E-state index contributed by atoms with van der Waals surface area (Å²) >= 11 is 5.77. The van der Waals surface area contributed by atoms with Crippen LogP contribution in [0.3, 0.4) is 0 Å². The Morgan fingerprint density at radius 1 is 1.29 bits per heavy atom. The van der Waals surface area contributed by atoms with Gasteiger partial charge in [-0.3, -0.25) is 0 Å². The molecule has 0 saturated heterocycles. The lowest BCUT2D eigenvalue weighted by molar-refractivity contribution is -0.141. The van der Waals surface area contributed by atoms with Crippen molar-refractivity contribution in [3.63, 3.8) is 0 Å². The summed E-state index contributed by atoms with van der Waals surface area (Å²) in [6.45, 7) is -4.07. The molecule has 1 aromatic rings. The number of benzene rings is 1. The number of rotatable bonds is 8. The van der Waals surface area contributed by atoms with Gasteiger partial charge in [-0.05, 0) is 24.5 Å². The maximum absolute atomic E-state index is 12.3. The van der Waals surface area contributed by atoms with Gasteiger partial charge in [-0.1, -0.05) is 50.3 Å². The molecular weight excluding hydrogens is 353 g/mol. The van der Waals surface area contributed by atoms with Crippen LogP contribution in [0.15, 0.2) is 30.3 Å². The van der Waals surface area contributed by atoms with E-state index in [1.807, 2.05) is 0 Å². The molecule has 1 fully saturated rings. The number of hydroxylamine groups is 1. The molecule has 0 amide bonds. The van der Waals surface area contributed by atoms with Gasteiger partial charge < -0.3 is 13.9 Å². The van der Waals surface area contributed by atoms with Gasteiger partial charge in [0.25, 0.3) is 0 Å². The quantitative estimate of drug-likeness (QED) is 0.534. The number of hydrogen-bond acceptors (Lipinski definition) is 6. The van der Waals surface area contributed by atoms with Crippen LogP contribution in [0.2, 0.25) is 0 Å². The van der Waals surface area contributed by atoms with Gasteiger partial charge in [0, 0.05) is 11.2 Å². The fraction of sp³-hybridized carbons (Fsp3) is 0.562. The van der Waals surface area contributed by atoms with E-state index in [1.165, 1.54) is 13.5 Å². The zero-order valence-electron chi connectivity index (χ0n) is 13.7. The molecule has 0 bridgehead atoms. The summed E-state index contributed by atoms with van der Waals surface area (Å²) in [5.41, 5.74) is 2.61. The summed E-state index contributed by atoms with van der Waals surface area (Å²) in [5, 5.41) is 0. The van der Waals surface area contributed by atoms with Gasteiger partial charge in [-0.15, -0.1) is 0 Å². The van der Waals surface area contributed by atoms with Crippen LogP contribution in [-0.4, -0.2) is 19.1 Å². The molecule has 1 aliphatic rings. The molecule has 0 radical (unpaired) electrons. The highest BCUT2D eigenvalue weighted by atomic mass is 35.7. The molecule has 8 heteroatoms. The Balaban J connectivity index is 1.94. The normalized spacial score (nSPS) is 19.2. The summed E-state index contributed by atoms with van der Waals surface area (Å²) in [4.78, 5) is 17.2. The zero-order valence-corrected chi connectivity index (χ0v) is 15.3. The van der Waals surface area contributed by atoms with Crippen LogP contribution >= 0.6 is 18.2 Å². The summed E-state index contributed by atoms with van der Waals surface area (Å²) in [6.07, 6.45) is 6.22. The second-order valence-corrected chi connectivity index (χ2v) is 8.33. The van der Waals surface area contributed by atoms with E-state index < -0.39 is 19.0 Å². The summed E-state index contributed by atoms with van der Waals surface area (Å²) in [5.74, 6) is -0.0624. The van der Waals surface area contributed by atoms with E-state index in [1.54, 1.807) is 30.3 Å². The Kier molecular flexibility index (Phi) is 7.56. The van der Waals surface area contributed by atoms with Gasteiger partial charge in [0.05, 0.1) is 7.11 Å². The van der Waals surface area contributed by atoms with Crippen LogP contribution in [0.4, 0.5) is 0 Å². The standard InChI is InChI=1S/C16H23ClNO5P/c1-21-18-15(12-13-8-4-2-5-9-13)16(19)23-24(17,20)22-14-10-6-3-7-11-14/h3,6-7,10-11,13,15,18H,2,4-5,8-9,12H2,1H3/t15-,24?/m0/s1. The summed E-state index contributed by atoms with van der Waals surface area (Å²) in [6, 6.07) is 7.61. The number of nitrogens with one attached hydrogen (secondary N) is 1. The lowest BCUT2D eigenvalue weighted by Gasteiger charge is -2.25. The third kappa shape index (κ3) is 6.44. The van der Waals surface area contributed by atoms with Crippen LogP contribution in [0.25, 0.3) is 0 Å². The number of hydrogen-bond donors (Lipinski definition) is 1. The maximum Gasteiger partial charge on any atom is 0.532 e. The van der Waals surface area contributed by atoms with E-state index in [0.29, 0.717) is 12.3 Å². The Morgan fingerprint density at radius 3 is 2.58 bits per heavy atom. The van der Waals surface area contributed by atoms with E-state index in [9.17, 15) is 9.36 Å². The van der Waals surface area contributed by atoms with E-state index in [0.717, 1.165) is 25.7 Å². The monoisotopic (exact) mass is 375 g/mol. The lowest BCUT2D eigenvalue weighted by Crippen LogP contribution is -2.39. The second kappa shape index (κ2) is 9.42. The van der Waals surface area contributed by atoms with Gasteiger partial charge in [0.2, 0.25) is 0 Å². The van der Waals surface area contributed by atoms with Crippen molar-refractivity contribution in [1.29, 1.82) is 0 Å². The summed E-state index contributed by atoms with van der Waals surface area (Å²) < 4.78 is 22.2. The maximum atomic E-state index is 12.3. The summed E-state index contributed by atoms with van der Waals surface area (Å²) in [7, 11) is 1.42. The molecule has 134 valence electrons. The number of carbonyl (C=O) groups is 1. The highest BCUT2D eigenvalue weighted by Gasteiger charge is 2.33. The van der Waals surface area contributed by atoms with Gasteiger partial charge in [-0.2, -0.15) is 5.48 Å². The van der Waals surface area contributed by atoms with Crippen molar-refractivity contribution in [2.75, 3.05) is 7.11 Å². The molecule has 24 heavy (non-hydrogen) atoms. The van der Waals surface area contributed by atoms with E-state index in [-0.39, 0.29) is 5.75 Å². The van der Waals surface area contributed by atoms with Crippen molar-refractivity contribution < 1.29 is 23.2 Å². The molecule has 0 aliphatic heterocycles. The predicted octanol–water partition coefficient (Wildman–Crippen LogP) is 4.45. The molecule has 2 atom stereocenters. The topological polar surface area (TPSA) is 73.9 Å². The molecule has 1 N–H and O–H groups in total. The molecule has 0 spiro atoms. The highest BCUT2D eigenvalue weighted by Crippen LogP contribution is 2.53. The molecule has 0 aromatic heterocycles. The third-order valence-corrected chi connectivity index (χ3v) is 5.24. The second-order valence-electron chi connectivity index (χ2n) is 5.86. The van der Waals surface area contributed by atoms with E-state index >= 15 is 0 Å². The SMILES string of the molecule is CON[C@@H](CC1CCCCC1)C(=O)OP(=O)(Cl)Oc1ccccc1. The molecule has 6 nitrogen and oxygen atoms in total. The minimum atomic E-state index is -4.07. The lowest BCUT2D eigenvalue weighted by atomic mass is 9.85. The van der Waals surface area contributed by atoms with E-state index in [4.69, 9.17) is 25.1 Å². The van der Waals surface area contributed by atoms with Gasteiger partial charge in [-0.25, -0.2) is 9.36 Å². The molecule has 1 aromatic carbocycles. The van der Waals surface area contributed by atoms with Gasteiger partial charge in [0.15, 0.2) is 0 Å². The van der Waals surface area contributed by atoms with Crippen molar-refractivity contribution in [3.8, 4) is 5.75 Å². The highest BCUT2D eigenvalue weighted by molar-refractivity contribution is 7.82. The van der Waals surface area contributed by atoms with Crippen molar-refractivity contribution in [1.82, 2.24) is 5.48 Å². The van der Waals surface area contributed by atoms with Crippen molar-refractivity contribution in [2.24, 2.45) is 5.92 Å². The molecular formula is C16H23ClNO5P. The van der Waals surface area contributed by atoms with Crippen molar-refractivity contribution in [3.05, 3.63) is 30.3 Å². The van der Waals surface area contributed by atoms with Gasteiger partial charge >= 0.3 is 12.9 Å². The fourth-order valence-corrected chi connectivity index (χ4v) is 4.08. The first-order chi connectivity index (χ1) is 11.5. The Morgan fingerprint density at radius 2 is 1.96 bits per heavy atom. The van der Waals surface area contributed by atoms with Crippen LogP contribution in [0, 0.1) is 5.92 Å². The molecule has 0 heterocycles. The average Bonchev–Trinajstić information content (AvgIpc) is 2.55. The average molecular weight is 376 g/mol. The predicted molar refractivity (Wildman–Crippen MR) is 91.7 cm³/mol. The zero-order chi connectivity index (χ0) is 17.4. The van der Waals surface area contributed by atoms with Crippen LogP contribution < -0.4 is 10.0 Å². The van der Waals surface area contributed by atoms with Crippen LogP contribution in [0.1, 0.15) is 38.5 Å². The first-order valence-electron chi connectivity index (χ1n) is 8.06. The number of para-hydroxylation sites is 1. The molecule has 1 unspecified atom stereocenters. The first kappa shape index (κ1) is 19.3. The number of carbonyl (C=O) groups excluding carboxylic acids is 1.